The highest BCUT2D eigenvalue weighted by molar-refractivity contribution is 5.92. The summed E-state index contributed by atoms with van der Waals surface area (Å²) < 4.78 is 0. The number of primary amides is 1. The summed E-state index contributed by atoms with van der Waals surface area (Å²) in [5.74, 6) is -0.819. The van der Waals surface area contributed by atoms with Crippen LogP contribution in [0, 0.1) is 0 Å². The van der Waals surface area contributed by atoms with Gasteiger partial charge in [-0.25, -0.2) is 0 Å². The maximum atomic E-state index is 11.6. The molecule has 4 nitrogen and oxygen atoms in total. The largest absolute Gasteiger partial charge is 0.368 e. The number of rotatable bonds is 6. The molecule has 2 amide bonds. The van der Waals surface area contributed by atoms with Gasteiger partial charge < -0.3 is 11.1 Å². The number of carbonyl (C=O) groups excluding carboxylic acids is 2. The van der Waals surface area contributed by atoms with Crippen LogP contribution in [0.5, 0.6) is 0 Å². The minimum Gasteiger partial charge on any atom is -0.368 e. The van der Waals surface area contributed by atoms with E-state index in [2.05, 4.69) is 17.4 Å². The molecule has 1 rings (SSSR count). The maximum Gasteiger partial charge on any atom is 0.244 e. The zero-order chi connectivity index (χ0) is 14.3. The Balaban J connectivity index is 2.44. The van der Waals surface area contributed by atoms with E-state index in [1.54, 1.807) is 6.92 Å². The summed E-state index contributed by atoms with van der Waals surface area (Å²) in [6.45, 7) is 3.46. The molecule has 102 valence electrons. The Morgan fingerprint density at radius 1 is 1.32 bits per heavy atom. The Morgan fingerprint density at radius 2 is 1.95 bits per heavy atom. The summed E-state index contributed by atoms with van der Waals surface area (Å²) in [5, 5.41) is 2.52. The summed E-state index contributed by atoms with van der Waals surface area (Å²) in [7, 11) is 0. The lowest BCUT2D eigenvalue weighted by Crippen LogP contribution is -2.41. The molecule has 0 radical (unpaired) electrons. The lowest BCUT2D eigenvalue weighted by molar-refractivity contribution is -0.124. The van der Waals surface area contributed by atoms with Crippen molar-refractivity contribution in [1.29, 1.82) is 0 Å². The molecule has 0 fully saturated rings. The topological polar surface area (TPSA) is 72.2 Å². The number of benzene rings is 1. The van der Waals surface area contributed by atoms with Crippen LogP contribution in [0.2, 0.25) is 0 Å². The van der Waals surface area contributed by atoms with Crippen molar-refractivity contribution in [3.8, 4) is 0 Å². The monoisotopic (exact) mass is 260 g/mol. The van der Waals surface area contributed by atoms with Gasteiger partial charge in [0, 0.05) is 6.08 Å². The second kappa shape index (κ2) is 7.36. The van der Waals surface area contributed by atoms with E-state index in [1.807, 2.05) is 25.1 Å². The Morgan fingerprint density at radius 3 is 2.53 bits per heavy atom. The van der Waals surface area contributed by atoms with Gasteiger partial charge >= 0.3 is 0 Å². The van der Waals surface area contributed by atoms with E-state index < -0.39 is 11.9 Å². The normalized spacial score (nSPS) is 12.8. The Kier molecular flexibility index (Phi) is 5.79. The minimum atomic E-state index is -0.648. The average Bonchev–Trinajstić information content (AvgIpc) is 2.37. The lowest BCUT2D eigenvalue weighted by Gasteiger charge is -2.08. The van der Waals surface area contributed by atoms with E-state index in [-0.39, 0.29) is 5.91 Å². The number of allylic oxidation sites excluding steroid dienone is 1. The summed E-state index contributed by atoms with van der Waals surface area (Å²) in [6.07, 6.45) is 3.21. The van der Waals surface area contributed by atoms with Gasteiger partial charge in [-0.2, -0.15) is 0 Å². The van der Waals surface area contributed by atoms with Gasteiger partial charge in [-0.05, 0) is 32.3 Å². The van der Waals surface area contributed by atoms with Crippen LogP contribution in [0.25, 0.3) is 0 Å². The number of carbonyl (C=O) groups is 2. The van der Waals surface area contributed by atoms with Crippen LogP contribution < -0.4 is 11.1 Å². The van der Waals surface area contributed by atoms with Gasteiger partial charge in [0.15, 0.2) is 0 Å². The van der Waals surface area contributed by atoms with Crippen LogP contribution >= 0.6 is 0 Å². The summed E-state index contributed by atoms with van der Waals surface area (Å²) >= 11 is 0. The van der Waals surface area contributed by atoms with Crippen molar-refractivity contribution in [1.82, 2.24) is 5.32 Å². The number of hydrogen-bond acceptors (Lipinski definition) is 2. The molecule has 1 atom stereocenters. The lowest BCUT2D eigenvalue weighted by atomic mass is 10.1. The molecule has 0 aliphatic heterocycles. The van der Waals surface area contributed by atoms with E-state index in [0.29, 0.717) is 0 Å². The van der Waals surface area contributed by atoms with E-state index >= 15 is 0 Å². The molecule has 0 saturated heterocycles. The van der Waals surface area contributed by atoms with Gasteiger partial charge in [0.2, 0.25) is 11.8 Å². The number of hydrogen-bond donors (Lipinski definition) is 2. The van der Waals surface area contributed by atoms with Crippen LogP contribution in [-0.2, 0) is 16.0 Å². The van der Waals surface area contributed by atoms with Crippen molar-refractivity contribution in [3.05, 3.63) is 47.5 Å². The second-order valence-electron chi connectivity index (χ2n) is 4.61. The van der Waals surface area contributed by atoms with Crippen molar-refractivity contribution >= 4 is 11.8 Å². The second-order valence-corrected chi connectivity index (χ2v) is 4.61. The first-order valence-corrected chi connectivity index (χ1v) is 6.30. The Labute approximate surface area is 113 Å². The first-order valence-electron chi connectivity index (χ1n) is 6.30. The van der Waals surface area contributed by atoms with Crippen molar-refractivity contribution < 1.29 is 9.59 Å². The highest BCUT2D eigenvalue weighted by atomic mass is 16.2. The molecule has 19 heavy (non-hydrogen) atoms. The quantitative estimate of drug-likeness (QED) is 0.762. The molecule has 1 aromatic carbocycles. The van der Waals surface area contributed by atoms with Crippen LogP contribution in [0.1, 0.15) is 25.8 Å². The predicted molar refractivity (Wildman–Crippen MR) is 75.3 cm³/mol. The zero-order valence-corrected chi connectivity index (χ0v) is 11.3. The van der Waals surface area contributed by atoms with Crippen LogP contribution in [0.15, 0.2) is 42.0 Å². The molecular weight excluding hydrogens is 240 g/mol. The van der Waals surface area contributed by atoms with Crippen molar-refractivity contribution in [3.63, 3.8) is 0 Å². The van der Waals surface area contributed by atoms with Gasteiger partial charge in [0.1, 0.15) is 6.04 Å². The third kappa shape index (κ3) is 5.86. The maximum absolute atomic E-state index is 11.6. The predicted octanol–water partition coefficient (Wildman–Crippen LogP) is 1.56. The van der Waals surface area contributed by atoms with Gasteiger partial charge in [-0.15, -0.1) is 0 Å². The third-order valence-electron chi connectivity index (χ3n) is 2.81. The highest BCUT2D eigenvalue weighted by Gasteiger charge is 2.10. The highest BCUT2D eigenvalue weighted by Crippen LogP contribution is 2.08. The van der Waals surface area contributed by atoms with Crippen molar-refractivity contribution in [2.24, 2.45) is 5.73 Å². The summed E-state index contributed by atoms with van der Waals surface area (Å²) in [5.41, 5.74) is 7.28. The van der Waals surface area contributed by atoms with Gasteiger partial charge in [-0.1, -0.05) is 35.9 Å². The van der Waals surface area contributed by atoms with Gasteiger partial charge in [0.25, 0.3) is 0 Å². The number of nitrogens with one attached hydrogen (secondary N) is 1. The fourth-order valence-corrected chi connectivity index (χ4v) is 1.61. The van der Waals surface area contributed by atoms with Crippen LogP contribution in [-0.4, -0.2) is 17.9 Å². The standard InChI is InChI=1S/C15H20N2O2/c1-11(8-9-13-6-4-3-5-7-13)10-14(18)17-12(2)15(16)19/h3-7,10,12H,8-9H2,1-2H3,(H2,16,19)(H,17,18)/b11-10+. The van der Waals surface area contributed by atoms with E-state index in [9.17, 15) is 9.59 Å². The summed E-state index contributed by atoms with van der Waals surface area (Å²) in [6, 6.07) is 9.44. The molecule has 0 spiro atoms. The van der Waals surface area contributed by atoms with E-state index in [4.69, 9.17) is 5.73 Å². The molecule has 0 aromatic heterocycles. The Hall–Kier alpha value is -2.10. The minimum absolute atomic E-state index is 0.281. The average molecular weight is 260 g/mol. The molecule has 0 saturated carbocycles. The molecular formula is C15H20N2O2. The van der Waals surface area contributed by atoms with Crippen molar-refractivity contribution in [2.45, 2.75) is 32.7 Å². The smallest absolute Gasteiger partial charge is 0.244 e. The molecule has 3 N–H and O–H groups in total. The number of nitrogens with two attached hydrogens (primary N) is 1. The number of amides is 2. The molecule has 1 aromatic rings. The zero-order valence-electron chi connectivity index (χ0n) is 11.3. The molecule has 0 aliphatic rings. The summed E-state index contributed by atoms with van der Waals surface area (Å²) in [4.78, 5) is 22.4. The first kappa shape index (κ1) is 15.0. The van der Waals surface area contributed by atoms with Gasteiger partial charge in [0.05, 0.1) is 0 Å². The van der Waals surface area contributed by atoms with E-state index in [1.165, 1.54) is 11.6 Å². The Bertz CT molecular complexity index is 466. The molecule has 0 bridgehead atoms. The molecule has 0 aliphatic carbocycles. The SMILES string of the molecule is C/C(=C\C(=O)NC(C)C(N)=O)CCc1ccccc1. The fourth-order valence-electron chi connectivity index (χ4n) is 1.61. The fraction of sp³-hybridized carbons (Fsp3) is 0.333. The number of aryl methyl sites for hydroxylation is 1. The van der Waals surface area contributed by atoms with Crippen LogP contribution in [0.3, 0.4) is 0 Å². The van der Waals surface area contributed by atoms with Gasteiger partial charge in [-0.3, -0.25) is 9.59 Å². The van der Waals surface area contributed by atoms with Crippen molar-refractivity contribution in [2.75, 3.05) is 0 Å². The molecule has 1 unspecified atom stereocenters. The molecule has 4 heteroatoms. The third-order valence-corrected chi connectivity index (χ3v) is 2.81. The van der Waals surface area contributed by atoms with E-state index in [0.717, 1.165) is 18.4 Å². The first-order chi connectivity index (χ1) is 8.99. The molecule has 0 heterocycles. The van der Waals surface area contributed by atoms with Crippen LogP contribution in [0.4, 0.5) is 0 Å².